The molecular formula is C24H19BrN4O3. The van der Waals surface area contributed by atoms with E-state index in [0.29, 0.717) is 33.7 Å². The predicted octanol–water partition coefficient (Wildman–Crippen LogP) is 3.83. The summed E-state index contributed by atoms with van der Waals surface area (Å²) in [6, 6.07) is 21.0. The maximum atomic E-state index is 12.9. The van der Waals surface area contributed by atoms with Crippen molar-refractivity contribution in [1.29, 1.82) is 0 Å². The van der Waals surface area contributed by atoms with E-state index < -0.39 is 0 Å². The van der Waals surface area contributed by atoms with Crippen molar-refractivity contribution in [2.75, 3.05) is 11.9 Å². The topological polar surface area (TPSA) is 93.1 Å². The van der Waals surface area contributed by atoms with Crippen LogP contribution in [0.25, 0.3) is 16.6 Å². The highest BCUT2D eigenvalue weighted by atomic mass is 79.9. The van der Waals surface area contributed by atoms with Crippen molar-refractivity contribution in [2.45, 2.75) is 6.92 Å². The number of fused-ring (bicyclic) bond motifs is 1. The first kappa shape index (κ1) is 21.5. The summed E-state index contributed by atoms with van der Waals surface area (Å²) in [5.41, 5.74) is 2.08. The first-order valence-corrected chi connectivity index (χ1v) is 10.6. The van der Waals surface area contributed by atoms with Gasteiger partial charge in [0.05, 0.1) is 28.8 Å². The average Bonchev–Trinajstić information content (AvgIpc) is 2.79. The summed E-state index contributed by atoms with van der Waals surface area (Å²) >= 11 is 3.36. The standard InChI is InChI=1S/C24H19BrN4O3/c1-15-27-20-8-4-2-6-18(20)24(32)29(15)17-12-10-16(11-13-17)23(31)26-14-22(30)28-21-9-5-3-7-19(21)25/h2-13H,14H2,1H3,(H,26,31)(H,28,30). The number of amides is 2. The molecule has 0 bridgehead atoms. The van der Waals surface area contributed by atoms with Crippen LogP contribution in [0.2, 0.25) is 0 Å². The van der Waals surface area contributed by atoms with E-state index in [2.05, 4.69) is 31.5 Å². The van der Waals surface area contributed by atoms with Crippen LogP contribution in [-0.2, 0) is 4.79 Å². The van der Waals surface area contributed by atoms with Gasteiger partial charge in [-0.15, -0.1) is 0 Å². The Morgan fingerprint density at radius 2 is 1.66 bits per heavy atom. The molecule has 0 aliphatic carbocycles. The number of carbonyl (C=O) groups is 2. The van der Waals surface area contributed by atoms with Crippen LogP contribution in [0.3, 0.4) is 0 Å². The minimum absolute atomic E-state index is 0.172. The molecule has 0 fully saturated rings. The third kappa shape index (κ3) is 4.45. The fourth-order valence-corrected chi connectivity index (χ4v) is 3.71. The highest BCUT2D eigenvalue weighted by Crippen LogP contribution is 2.20. The van der Waals surface area contributed by atoms with Crippen LogP contribution in [0, 0.1) is 6.92 Å². The van der Waals surface area contributed by atoms with E-state index in [4.69, 9.17) is 0 Å². The van der Waals surface area contributed by atoms with Crippen molar-refractivity contribution in [3.63, 3.8) is 0 Å². The molecule has 0 atom stereocenters. The number of hydrogen-bond donors (Lipinski definition) is 2. The van der Waals surface area contributed by atoms with Crippen LogP contribution in [0.5, 0.6) is 0 Å². The summed E-state index contributed by atoms with van der Waals surface area (Å²) in [6.45, 7) is 1.59. The van der Waals surface area contributed by atoms with Crippen LogP contribution in [-0.4, -0.2) is 27.9 Å². The molecule has 3 aromatic carbocycles. The molecule has 2 N–H and O–H groups in total. The van der Waals surface area contributed by atoms with Gasteiger partial charge in [-0.1, -0.05) is 24.3 Å². The summed E-state index contributed by atoms with van der Waals surface area (Å²) in [6.07, 6.45) is 0. The quantitative estimate of drug-likeness (QED) is 0.444. The summed E-state index contributed by atoms with van der Waals surface area (Å²) in [4.78, 5) is 42.0. The molecule has 32 heavy (non-hydrogen) atoms. The predicted molar refractivity (Wildman–Crippen MR) is 127 cm³/mol. The van der Waals surface area contributed by atoms with Crippen LogP contribution < -0.4 is 16.2 Å². The lowest BCUT2D eigenvalue weighted by Crippen LogP contribution is -2.33. The van der Waals surface area contributed by atoms with Gasteiger partial charge in [0.15, 0.2) is 0 Å². The Bertz CT molecular complexity index is 1380. The van der Waals surface area contributed by atoms with Gasteiger partial charge < -0.3 is 10.6 Å². The number of hydrogen-bond acceptors (Lipinski definition) is 4. The first-order valence-electron chi connectivity index (χ1n) is 9.85. The number of nitrogens with one attached hydrogen (secondary N) is 2. The number of carbonyl (C=O) groups excluding carboxylic acids is 2. The summed E-state index contributed by atoms with van der Waals surface area (Å²) in [5.74, 6) is -0.180. The Hall–Kier alpha value is -3.78. The molecule has 160 valence electrons. The monoisotopic (exact) mass is 490 g/mol. The lowest BCUT2D eigenvalue weighted by Gasteiger charge is -2.12. The Morgan fingerprint density at radius 3 is 2.41 bits per heavy atom. The molecule has 0 unspecified atom stereocenters. The maximum Gasteiger partial charge on any atom is 0.265 e. The molecule has 0 spiro atoms. The van der Waals surface area contributed by atoms with Crippen molar-refractivity contribution in [3.8, 4) is 5.69 Å². The molecule has 2 amide bonds. The minimum Gasteiger partial charge on any atom is -0.343 e. The van der Waals surface area contributed by atoms with Gasteiger partial charge in [0, 0.05) is 10.0 Å². The second kappa shape index (κ2) is 9.15. The van der Waals surface area contributed by atoms with Gasteiger partial charge in [-0.2, -0.15) is 0 Å². The minimum atomic E-state index is -0.389. The van der Waals surface area contributed by atoms with Crippen molar-refractivity contribution in [1.82, 2.24) is 14.9 Å². The molecule has 8 heteroatoms. The molecule has 0 aliphatic heterocycles. The number of nitrogens with zero attached hydrogens (tertiary/aromatic N) is 2. The first-order chi connectivity index (χ1) is 15.4. The Kier molecular flexibility index (Phi) is 6.13. The van der Waals surface area contributed by atoms with Crippen molar-refractivity contribution in [3.05, 3.63) is 99.0 Å². The second-order valence-electron chi connectivity index (χ2n) is 7.07. The zero-order valence-corrected chi connectivity index (χ0v) is 18.7. The smallest absolute Gasteiger partial charge is 0.265 e. The van der Waals surface area contributed by atoms with Crippen molar-refractivity contribution in [2.24, 2.45) is 0 Å². The van der Waals surface area contributed by atoms with Crippen LogP contribution in [0.1, 0.15) is 16.2 Å². The van der Waals surface area contributed by atoms with Crippen LogP contribution >= 0.6 is 15.9 Å². The summed E-state index contributed by atoms with van der Waals surface area (Å²) in [7, 11) is 0. The highest BCUT2D eigenvalue weighted by molar-refractivity contribution is 9.10. The van der Waals surface area contributed by atoms with Gasteiger partial charge in [0.2, 0.25) is 5.91 Å². The zero-order chi connectivity index (χ0) is 22.7. The highest BCUT2D eigenvalue weighted by Gasteiger charge is 2.12. The van der Waals surface area contributed by atoms with Crippen LogP contribution in [0.4, 0.5) is 5.69 Å². The number of benzene rings is 3. The fourth-order valence-electron chi connectivity index (χ4n) is 3.33. The molecule has 0 aliphatic rings. The van der Waals surface area contributed by atoms with Gasteiger partial charge >= 0.3 is 0 Å². The fraction of sp³-hybridized carbons (Fsp3) is 0.0833. The van der Waals surface area contributed by atoms with E-state index >= 15 is 0 Å². The Labute approximate surface area is 192 Å². The summed E-state index contributed by atoms with van der Waals surface area (Å²) in [5, 5.41) is 5.85. The Balaban J connectivity index is 1.46. The van der Waals surface area contributed by atoms with E-state index in [1.807, 2.05) is 18.2 Å². The van der Waals surface area contributed by atoms with Crippen molar-refractivity contribution >= 4 is 44.3 Å². The normalized spacial score (nSPS) is 10.7. The summed E-state index contributed by atoms with van der Waals surface area (Å²) < 4.78 is 2.26. The molecule has 0 saturated carbocycles. The lowest BCUT2D eigenvalue weighted by atomic mass is 10.2. The second-order valence-corrected chi connectivity index (χ2v) is 7.93. The van der Waals surface area contributed by atoms with Gasteiger partial charge in [-0.05, 0) is 71.4 Å². The van der Waals surface area contributed by atoms with E-state index in [0.717, 1.165) is 4.47 Å². The SMILES string of the molecule is Cc1nc2ccccc2c(=O)n1-c1ccc(C(=O)NCC(=O)Nc2ccccc2Br)cc1. The number of aromatic nitrogens is 2. The third-order valence-electron chi connectivity index (χ3n) is 4.89. The number of halogens is 1. The molecule has 1 heterocycles. The molecule has 0 radical (unpaired) electrons. The molecule has 1 aromatic heterocycles. The van der Waals surface area contributed by atoms with E-state index in [1.165, 1.54) is 4.57 Å². The van der Waals surface area contributed by atoms with Gasteiger partial charge in [0.1, 0.15) is 5.82 Å². The van der Waals surface area contributed by atoms with Gasteiger partial charge in [-0.25, -0.2) is 4.98 Å². The number of aryl methyl sites for hydroxylation is 1. The molecule has 7 nitrogen and oxygen atoms in total. The van der Waals surface area contributed by atoms with Crippen molar-refractivity contribution < 1.29 is 9.59 Å². The van der Waals surface area contributed by atoms with E-state index in [1.54, 1.807) is 61.5 Å². The number of para-hydroxylation sites is 2. The van der Waals surface area contributed by atoms with E-state index in [9.17, 15) is 14.4 Å². The van der Waals surface area contributed by atoms with E-state index in [-0.39, 0.29) is 23.9 Å². The molecule has 0 saturated heterocycles. The van der Waals surface area contributed by atoms with Gasteiger partial charge in [0.25, 0.3) is 11.5 Å². The Morgan fingerprint density at radius 1 is 0.969 bits per heavy atom. The largest absolute Gasteiger partial charge is 0.343 e. The molecule has 4 rings (SSSR count). The maximum absolute atomic E-state index is 12.9. The van der Waals surface area contributed by atoms with Gasteiger partial charge in [-0.3, -0.25) is 19.0 Å². The van der Waals surface area contributed by atoms with Crippen LogP contribution in [0.15, 0.2) is 82.1 Å². The molecular weight excluding hydrogens is 472 g/mol. The number of anilines is 1. The average molecular weight is 491 g/mol. The third-order valence-corrected chi connectivity index (χ3v) is 5.58. The lowest BCUT2D eigenvalue weighted by molar-refractivity contribution is -0.115. The number of rotatable bonds is 5. The zero-order valence-electron chi connectivity index (χ0n) is 17.1. The molecule has 4 aromatic rings.